The standard InChI is InChI=1S/C18H30N4O.HI/c1-3-23-14-11-21-18(19-2)20-10-6-12-22-13-9-16-7-4-5-8-17(16)15-22;/h4-5,7-8H,3,6,9-15H2,1-2H3,(H2,19,20,21);1H. The van der Waals surface area contributed by atoms with Crippen LogP contribution < -0.4 is 10.6 Å². The Kier molecular flexibility index (Phi) is 11.0. The van der Waals surface area contributed by atoms with Gasteiger partial charge < -0.3 is 15.4 Å². The molecular weight excluding hydrogens is 415 g/mol. The summed E-state index contributed by atoms with van der Waals surface area (Å²) in [5.74, 6) is 0.855. The van der Waals surface area contributed by atoms with Gasteiger partial charge in [-0.25, -0.2) is 0 Å². The first-order valence-corrected chi connectivity index (χ1v) is 8.65. The highest BCUT2D eigenvalue weighted by molar-refractivity contribution is 14.0. The molecule has 2 N–H and O–H groups in total. The average Bonchev–Trinajstić information content (AvgIpc) is 2.60. The molecule has 1 heterocycles. The Morgan fingerprint density at radius 3 is 2.71 bits per heavy atom. The fourth-order valence-electron chi connectivity index (χ4n) is 2.86. The highest BCUT2D eigenvalue weighted by Crippen LogP contribution is 2.18. The summed E-state index contributed by atoms with van der Waals surface area (Å²) >= 11 is 0. The van der Waals surface area contributed by atoms with Gasteiger partial charge in [0, 0.05) is 46.4 Å². The fraction of sp³-hybridized carbons (Fsp3) is 0.611. The summed E-state index contributed by atoms with van der Waals surface area (Å²) in [5.41, 5.74) is 3.00. The maximum atomic E-state index is 5.31. The molecule has 136 valence electrons. The van der Waals surface area contributed by atoms with E-state index in [1.807, 2.05) is 6.92 Å². The lowest BCUT2D eigenvalue weighted by Crippen LogP contribution is -2.40. The fourth-order valence-corrected chi connectivity index (χ4v) is 2.86. The molecule has 1 aliphatic heterocycles. The molecule has 0 unspecified atom stereocenters. The van der Waals surface area contributed by atoms with Gasteiger partial charge in [-0.1, -0.05) is 24.3 Å². The zero-order valence-electron chi connectivity index (χ0n) is 14.9. The minimum atomic E-state index is 0. The van der Waals surface area contributed by atoms with E-state index >= 15 is 0 Å². The lowest BCUT2D eigenvalue weighted by molar-refractivity contribution is 0.152. The van der Waals surface area contributed by atoms with E-state index in [1.54, 1.807) is 7.05 Å². The second kappa shape index (κ2) is 12.5. The number of guanidine groups is 1. The molecule has 0 fully saturated rings. The number of hydrogen-bond acceptors (Lipinski definition) is 3. The van der Waals surface area contributed by atoms with Crippen LogP contribution in [0.1, 0.15) is 24.5 Å². The van der Waals surface area contributed by atoms with Crippen molar-refractivity contribution < 1.29 is 4.74 Å². The van der Waals surface area contributed by atoms with E-state index in [-0.39, 0.29) is 24.0 Å². The summed E-state index contributed by atoms with van der Waals surface area (Å²) < 4.78 is 5.31. The minimum absolute atomic E-state index is 0. The van der Waals surface area contributed by atoms with Gasteiger partial charge in [0.1, 0.15) is 0 Å². The Morgan fingerprint density at radius 2 is 1.96 bits per heavy atom. The SMILES string of the molecule is CCOCCNC(=NC)NCCCN1CCc2ccccc2C1.I. The second-order valence-electron chi connectivity index (χ2n) is 5.77. The van der Waals surface area contributed by atoms with Gasteiger partial charge in [0.15, 0.2) is 5.96 Å². The summed E-state index contributed by atoms with van der Waals surface area (Å²) in [5, 5.41) is 6.62. The molecule has 0 spiro atoms. The van der Waals surface area contributed by atoms with Crippen LogP contribution in [0.25, 0.3) is 0 Å². The lowest BCUT2D eigenvalue weighted by Gasteiger charge is -2.28. The molecule has 0 amide bonds. The van der Waals surface area contributed by atoms with Crippen LogP contribution in [0.15, 0.2) is 29.3 Å². The Balaban J connectivity index is 0.00000288. The molecular formula is C18H31IN4O. The van der Waals surface area contributed by atoms with E-state index in [1.165, 1.54) is 24.1 Å². The number of nitrogens with one attached hydrogen (secondary N) is 2. The summed E-state index contributed by atoms with van der Waals surface area (Å²) in [6.45, 7) is 8.57. The maximum absolute atomic E-state index is 5.31. The van der Waals surface area contributed by atoms with Crippen molar-refractivity contribution in [1.29, 1.82) is 0 Å². The third-order valence-electron chi connectivity index (χ3n) is 4.12. The van der Waals surface area contributed by atoms with Gasteiger partial charge in [0.2, 0.25) is 0 Å². The van der Waals surface area contributed by atoms with Crippen molar-refractivity contribution in [3.8, 4) is 0 Å². The quantitative estimate of drug-likeness (QED) is 0.279. The largest absolute Gasteiger partial charge is 0.380 e. The molecule has 0 bridgehead atoms. The Bertz CT molecular complexity index is 496. The van der Waals surface area contributed by atoms with Crippen molar-refractivity contribution in [2.45, 2.75) is 26.3 Å². The molecule has 0 saturated heterocycles. The summed E-state index contributed by atoms with van der Waals surface area (Å²) in [4.78, 5) is 6.76. The summed E-state index contributed by atoms with van der Waals surface area (Å²) in [7, 11) is 1.80. The normalized spacial score (nSPS) is 14.7. The highest BCUT2D eigenvalue weighted by Gasteiger charge is 2.14. The number of hydrogen-bond donors (Lipinski definition) is 2. The number of halogens is 1. The van der Waals surface area contributed by atoms with Crippen LogP contribution in [-0.4, -0.2) is 57.3 Å². The molecule has 1 aromatic rings. The predicted octanol–water partition coefficient (Wildman–Crippen LogP) is 2.25. The molecule has 6 heteroatoms. The van der Waals surface area contributed by atoms with Crippen LogP contribution in [0, 0.1) is 0 Å². The van der Waals surface area contributed by atoms with Crippen molar-refractivity contribution in [3.63, 3.8) is 0 Å². The van der Waals surface area contributed by atoms with E-state index in [2.05, 4.69) is 44.8 Å². The van der Waals surface area contributed by atoms with Crippen LogP contribution in [0.4, 0.5) is 0 Å². The van der Waals surface area contributed by atoms with Crippen LogP contribution in [0.3, 0.4) is 0 Å². The van der Waals surface area contributed by atoms with Gasteiger partial charge in [0.05, 0.1) is 6.61 Å². The van der Waals surface area contributed by atoms with E-state index in [9.17, 15) is 0 Å². The van der Waals surface area contributed by atoms with Gasteiger partial charge in [0.25, 0.3) is 0 Å². The summed E-state index contributed by atoms with van der Waals surface area (Å²) in [6, 6.07) is 8.79. The number of rotatable bonds is 8. The smallest absolute Gasteiger partial charge is 0.191 e. The van der Waals surface area contributed by atoms with Crippen LogP contribution >= 0.6 is 24.0 Å². The van der Waals surface area contributed by atoms with Crippen molar-refractivity contribution in [2.75, 3.05) is 46.4 Å². The van der Waals surface area contributed by atoms with Crippen LogP contribution in [-0.2, 0) is 17.7 Å². The van der Waals surface area contributed by atoms with Crippen LogP contribution in [0.2, 0.25) is 0 Å². The third kappa shape index (κ3) is 7.36. The number of fused-ring (bicyclic) bond motifs is 1. The maximum Gasteiger partial charge on any atom is 0.191 e. The monoisotopic (exact) mass is 446 g/mol. The topological polar surface area (TPSA) is 48.9 Å². The van der Waals surface area contributed by atoms with Crippen molar-refractivity contribution in [1.82, 2.24) is 15.5 Å². The second-order valence-corrected chi connectivity index (χ2v) is 5.77. The number of nitrogens with zero attached hydrogens (tertiary/aromatic N) is 2. The van der Waals surface area contributed by atoms with E-state index in [0.717, 1.165) is 45.2 Å². The predicted molar refractivity (Wildman–Crippen MR) is 111 cm³/mol. The molecule has 2 rings (SSSR count). The van der Waals surface area contributed by atoms with Crippen molar-refractivity contribution in [2.24, 2.45) is 4.99 Å². The van der Waals surface area contributed by atoms with E-state index in [4.69, 9.17) is 4.74 Å². The first-order valence-electron chi connectivity index (χ1n) is 8.65. The minimum Gasteiger partial charge on any atom is -0.380 e. The van der Waals surface area contributed by atoms with Gasteiger partial charge in [-0.05, 0) is 30.9 Å². The van der Waals surface area contributed by atoms with Crippen molar-refractivity contribution >= 4 is 29.9 Å². The van der Waals surface area contributed by atoms with E-state index < -0.39 is 0 Å². The Hall–Kier alpha value is -0.860. The first-order chi connectivity index (χ1) is 11.3. The van der Waals surface area contributed by atoms with Crippen LogP contribution in [0.5, 0.6) is 0 Å². The average molecular weight is 446 g/mol. The lowest BCUT2D eigenvalue weighted by atomic mass is 10.00. The number of ether oxygens (including phenoxy) is 1. The molecule has 0 aliphatic carbocycles. The molecule has 0 aromatic heterocycles. The first kappa shape index (κ1) is 21.2. The molecule has 0 saturated carbocycles. The molecule has 1 aromatic carbocycles. The molecule has 0 radical (unpaired) electrons. The molecule has 5 nitrogen and oxygen atoms in total. The zero-order chi connectivity index (χ0) is 16.3. The van der Waals surface area contributed by atoms with Gasteiger partial charge in [-0.15, -0.1) is 24.0 Å². The molecule has 1 aliphatic rings. The third-order valence-corrected chi connectivity index (χ3v) is 4.12. The van der Waals surface area contributed by atoms with Gasteiger partial charge in [-0.2, -0.15) is 0 Å². The van der Waals surface area contributed by atoms with Gasteiger partial charge in [-0.3, -0.25) is 9.89 Å². The Labute approximate surface area is 163 Å². The summed E-state index contributed by atoms with van der Waals surface area (Å²) in [6.07, 6.45) is 2.29. The van der Waals surface area contributed by atoms with Gasteiger partial charge >= 0.3 is 0 Å². The number of benzene rings is 1. The Morgan fingerprint density at radius 1 is 1.21 bits per heavy atom. The highest BCUT2D eigenvalue weighted by atomic mass is 127. The number of aliphatic imine (C=N–C) groups is 1. The van der Waals surface area contributed by atoms with Crippen molar-refractivity contribution in [3.05, 3.63) is 35.4 Å². The zero-order valence-corrected chi connectivity index (χ0v) is 17.2. The molecule has 24 heavy (non-hydrogen) atoms. The molecule has 0 atom stereocenters. The van der Waals surface area contributed by atoms with E-state index in [0.29, 0.717) is 6.61 Å².